The van der Waals surface area contributed by atoms with Crippen molar-refractivity contribution in [3.8, 4) is 11.4 Å². The maximum absolute atomic E-state index is 5.95. The Hall–Kier alpha value is -4.26. The minimum absolute atomic E-state index is 0.271. The molecule has 7 nitrogen and oxygen atoms in total. The second-order valence-electron chi connectivity index (χ2n) is 7.47. The summed E-state index contributed by atoms with van der Waals surface area (Å²) in [6, 6.07) is 22.4. The van der Waals surface area contributed by atoms with Crippen molar-refractivity contribution in [3.63, 3.8) is 0 Å². The third-order valence-corrected chi connectivity index (χ3v) is 5.28. The van der Waals surface area contributed by atoms with Crippen LogP contribution in [0.3, 0.4) is 0 Å². The summed E-state index contributed by atoms with van der Waals surface area (Å²) in [5, 5.41) is 12.2. The summed E-state index contributed by atoms with van der Waals surface area (Å²) in [7, 11) is 0. The van der Waals surface area contributed by atoms with Crippen LogP contribution in [0.5, 0.6) is 5.75 Å². The van der Waals surface area contributed by atoms with Gasteiger partial charge in [-0.15, -0.1) is 5.10 Å². The van der Waals surface area contributed by atoms with Crippen LogP contribution < -0.4 is 4.74 Å². The molecule has 0 saturated carbocycles. The van der Waals surface area contributed by atoms with Crippen molar-refractivity contribution in [2.45, 2.75) is 13.5 Å². The average molecular weight is 406 g/mol. The quantitative estimate of drug-likeness (QED) is 0.431. The Labute approximate surface area is 177 Å². The lowest BCUT2D eigenvalue weighted by molar-refractivity contribution is 0.296. The molecule has 0 bridgehead atoms. The number of ether oxygens (including phenoxy) is 1. The highest BCUT2D eigenvalue weighted by Gasteiger charge is 2.14. The zero-order valence-corrected chi connectivity index (χ0v) is 16.8. The van der Waals surface area contributed by atoms with Gasteiger partial charge in [0.25, 0.3) is 0 Å². The molecular weight excluding hydrogens is 388 g/mol. The summed E-state index contributed by atoms with van der Waals surface area (Å²) >= 11 is 0. The number of rotatable bonds is 4. The molecule has 0 fully saturated rings. The summed E-state index contributed by atoms with van der Waals surface area (Å²) in [5.74, 6) is 1.37. The SMILES string of the molecule is Cc1cccc(-n2ncc3c2ncn2nc(COc4ccc5ccccc5c4)nc32)c1. The van der Waals surface area contributed by atoms with Crippen LogP contribution in [-0.4, -0.2) is 29.4 Å². The fraction of sp³-hybridized carbons (Fsp3) is 0.0833. The zero-order valence-electron chi connectivity index (χ0n) is 16.8. The molecule has 3 aromatic carbocycles. The van der Waals surface area contributed by atoms with E-state index in [1.807, 2.05) is 41.1 Å². The van der Waals surface area contributed by atoms with E-state index < -0.39 is 0 Å². The van der Waals surface area contributed by atoms with Gasteiger partial charge in [-0.25, -0.2) is 19.2 Å². The van der Waals surface area contributed by atoms with E-state index in [0.717, 1.165) is 33.4 Å². The largest absolute Gasteiger partial charge is 0.486 e. The van der Waals surface area contributed by atoms with Gasteiger partial charge in [0.15, 0.2) is 17.1 Å². The number of benzene rings is 3. The van der Waals surface area contributed by atoms with Gasteiger partial charge < -0.3 is 4.74 Å². The molecule has 0 unspecified atom stereocenters. The fourth-order valence-electron chi connectivity index (χ4n) is 3.78. The van der Waals surface area contributed by atoms with Gasteiger partial charge >= 0.3 is 0 Å². The second-order valence-corrected chi connectivity index (χ2v) is 7.47. The van der Waals surface area contributed by atoms with Crippen LogP contribution in [0, 0.1) is 6.92 Å². The van der Waals surface area contributed by atoms with Crippen LogP contribution in [0.2, 0.25) is 0 Å². The number of nitrogens with zero attached hydrogens (tertiary/aromatic N) is 6. The highest BCUT2D eigenvalue weighted by Crippen LogP contribution is 2.23. The molecule has 31 heavy (non-hydrogen) atoms. The normalized spacial score (nSPS) is 11.5. The van der Waals surface area contributed by atoms with E-state index in [1.54, 1.807) is 17.0 Å². The van der Waals surface area contributed by atoms with Gasteiger partial charge in [-0.2, -0.15) is 5.10 Å². The molecule has 7 heteroatoms. The Morgan fingerprint density at radius 1 is 0.903 bits per heavy atom. The van der Waals surface area contributed by atoms with E-state index in [1.165, 1.54) is 5.39 Å². The second kappa shape index (κ2) is 6.91. The Balaban J connectivity index is 1.32. The molecule has 0 N–H and O–H groups in total. The van der Waals surface area contributed by atoms with Gasteiger partial charge in [-0.1, -0.05) is 42.5 Å². The lowest BCUT2D eigenvalue weighted by Gasteiger charge is -2.05. The fourth-order valence-corrected chi connectivity index (χ4v) is 3.78. The molecule has 3 aromatic heterocycles. The van der Waals surface area contributed by atoms with Crippen LogP contribution in [0.15, 0.2) is 79.3 Å². The molecule has 3 heterocycles. The first kappa shape index (κ1) is 17.6. The predicted octanol–water partition coefficient (Wildman–Crippen LogP) is 4.50. The Morgan fingerprint density at radius 3 is 2.71 bits per heavy atom. The van der Waals surface area contributed by atoms with Gasteiger partial charge in [0.05, 0.1) is 17.3 Å². The van der Waals surface area contributed by atoms with Crippen LogP contribution in [0.25, 0.3) is 33.1 Å². The highest BCUT2D eigenvalue weighted by molar-refractivity contribution is 5.89. The van der Waals surface area contributed by atoms with E-state index >= 15 is 0 Å². The summed E-state index contributed by atoms with van der Waals surface area (Å²) in [6.45, 7) is 2.33. The van der Waals surface area contributed by atoms with Crippen LogP contribution in [-0.2, 0) is 6.61 Å². The molecule has 0 saturated heterocycles. The number of aryl methyl sites for hydroxylation is 1. The van der Waals surface area contributed by atoms with Crippen molar-refractivity contribution >= 4 is 27.5 Å². The van der Waals surface area contributed by atoms with E-state index in [4.69, 9.17) is 4.74 Å². The van der Waals surface area contributed by atoms with Crippen molar-refractivity contribution in [1.82, 2.24) is 29.4 Å². The average Bonchev–Trinajstić information content (AvgIpc) is 3.41. The van der Waals surface area contributed by atoms with E-state index in [9.17, 15) is 0 Å². The maximum atomic E-state index is 5.95. The zero-order chi connectivity index (χ0) is 20.8. The summed E-state index contributed by atoms with van der Waals surface area (Å²) in [5.41, 5.74) is 3.58. The molecule has 0 radical (unpaired) electrons. The molecular formula is C24H18N6O. The third kappa shape index (κ3) is 3.07. The standard InChI is InChI=1S/C24H18N6O/c1-16-5-4-8-19(11-16)30-23-21(13-26-30)24-27-22(28-29(24)15-25-23)14-31-20-10-9-17-6-2-3-7-18(17)12-20/h2-13,15H,14H2,1H3. The minimum Gasteiger partial charge on any atom is -0.486 e. The molecule has 0 aliphatic heterocycles. The van der Waals surface area contributed by atoms with E-state index in [-0.39, 0.29) is 6.61 Å². The first-order valence-corrected chi connectivity index (χ1v) is 10.0. The molecule has 0 atom stereocenters. The summed E-state index contributed by atoms with van der Waals surface area (Å²) in [6.07, 6.45) is 3.45. The minimum atomic E-state index is 0.271. The van der Waals surface area contributed by atoms with E-state index in [2.05, 4.69) is 57.4 Å². The first-order valence-electron chi connectivity index (χ1n) is 10.0. The van der Waals surface area contributed by atoms with Gasteiger partial charge in [-0.05, 0) is 47.5 Å². The van der Waals surface area contributed by atoms with Crippen molar-refractivity contribution in [2.75, 3.05) is 0 Å². The number of hydrogen-bond acceptors (Lipinski definition) is 5. The predicted molar refractivity (Wildman–Crippen MR) is 118 cm³/mol. The van der Waals surface area contributed by atoms with Gasteiger partial charge in [0, 0.05) is 0 Å². The summed E-state index contributed by atoms with van der Waals surface area (Å²) < 4.78 is 9.44. The van der Waals surface area contributed by atoms with Gasteiger partial charge in [0.2, 0.25) is 0 Å². The lowest BCUT2D eigenvalue weighted by atomic mass is 10.1. The Kier molecular flexibility index (Phi) is 3.92. The molecule has 150 valence electrons. The number of aromatic nitrogens is 6. The Bertz CT molecular complexity index is 1570. The Morgan fingerprint density at radius 2 is 1.81 bits per heavy atom. The van der Waals surface area contributed by atoms with Gasteiger partial charge in [0.1, 0.15) is 18.7 Å². The van der Waals surface area contributed by atoms with Crippen LogP contribution in [0.1, 0.15) is 11.4 Å². The van der Waals surface area contributed by atoms with Crippen molar-refractivity contribution < 1.29 is 4.74 Å². The number of fused-ring (bicyclic) bond motifs is 4. The van der Waals surface area contributed by atoms with Gasteiger partial charge in [-0.3, -0.25) is 0 Å². The molecule has 0 amide bonds. The highest BCUT2D eigenvalue weighted by atomic mass is 16.5. The monoisotopic (exact) mass is 406 g/mol. The van der Waals surface area contributed by atoms with Crippen molar-refractivity contribution in [3.05, 3.63) is 90.6 Å². The smallest absolute Gasteiger partial charge is 0.189 e. The molecule has 6 rings (SSSR count). The molecule has 0 aliphatic carbocycles. The number of hydrogen-bond donors (Lipinski definition) is 0. The topological polar surface area (TPSA) is 70.1 Å². The molecule has 6 aromatic rings. The molecule has 0 spiro atoms. The maximum Gasteiger partial charge on any atom is 0.189 e. The van der Waals surface area contributed by atoms with Crippen LogP contribution >= 0.6 is 0 Å². The van der Waals surface area contributed by atoms with E-state index in [0.29, 0.717) is 11.5 Å². The third-order valence-electron chi connectivity index (χ3n) is 5.28. The van der Waals surface area contributed by atoms with Crippen LogP contribution in [0.4, 0.5) is 0 Å². The molecule has 0 aliphatic rings. The lowest BCUT2D eigenvalue weighted by Crippen LogP contribution is -1.99. The van der Waals surface area contributed by atoms with Crippen molar-refractivity contribution in [2.24, 2.45) is 0 Å². The summed E-state index contributed by atoms with van der Waals surface area (Å²) in [4.78, 5) is 9.24. The first-order chi connectivity index (χ1) is 15.2. The van der Waals surface area contributed by atoms with Crippen molar-refractivity contribution in [1.29, 1.82) is 0 Å².